The number of carbonyl (C=O) groups is 1. The van der Waals surface area contributed by atoms with Crippen LogP contribution in [0.3, 0.4) is 0 Å². The lowest BCUT2D eigenvalue weighted by Crippen LogP contribution is -2.39. The third kappa shape index (κ3) is 4.16. The summed E-state index contributed by atoms with van der Waals surface area (Å²) in [6.45, 7) is 1.66. The Kier molecular flexibility index (Phi) is 6.24. The van der Waals surface area contributed by atoms with E-state index in [2.05, 4.69) is 4.98 Å². The van der Waals surface area contributed by atoms with E-state index >= 15 is 0 Å². The van der Waals surface area contributed by atoms with Crippen molar-refractivity contribution >= 4 is 39.2 Å². The second-order valence-corrected chi connectivity index (χ2v) is 9.55. The number of rotatable bonds is 5. The number of thioether (sulfide) groups is 1. The molecule has 1 aliphatic carbocycles. The summed E-state index contributed by atoms with van der Waals surface area (Å²) in [4.78, 5) is 32.5. The number of thiophene rings is 1. The number of nitrogens with zero attached hydrogens (tertiary/aromatic N) is 3. The number of hydrogen-bond acceptors (Lipinski definition) is 5. The molecule has 1 aromatic carbocycles. The van der Waals surface area contributed by atoms with Crippen molar-refractivity contribution in [3.8, 4) is 5.69 Å². The first-order chi connectivity index (χ1) is 14.5. The van der Waals surface area contributed by atoms with Gasteiger partial charge in [-0.1, -0.05) is 31.0 Å². The van der Waals surface area contributed by atoms with Crippen LogP contribution in [0, 0.1) is 12.7 Å². The SMILES string of the molecule is Cc1cc(-n2c(SCC(=O)N(C)C3CCCCC3)nc3ccsc3c2=O)ccc1F. The zero-order chi connectivity index (χ0) is 21.3. The highest BCUT2D eigenvalue weighted by Crippen LogP contribution is 2.26. The van der Waals surface area contributed by atoms with Gasteiger partial charge in [-0.25, -0.2) is 9.37 Å². The number of amides is 1. The fourth-order valence-corrected chi connectivity index (χ4v) is 5.58. The number of benzene rings is 1. The van der Waals surface area contributed by atoms with Gasteiger partial charge in [-0.15, -0.1) is 11.3 Å². The van der Waals surface area contributed by atoms with E-state index in [1.165, 1.54) is 40.2 Å². The molecule has 2 aromatic heterocycles. The molecule has 1 amide bonds. The van der Waals surface area contributed by atoms with Crippen molar-refractivity contribution in [2.24, 2.45) is 0 Å². The summed E-state index contributed by atoms with van der Waals surface area (Å²) in [5.41, 5.74) is 1.43. The number of carbonyl (C=O) groups excluding carboxylic acids is 1. The molecule has 0 unspecified atom stereocenters. The van der Waals surface area contributed by atoms with Gasteiger partial charge < -0.3 is 4.90 Å². The summed E-state index contributed by atoms with van der Waals surface area (Å²) in [7, 11) is 1.87. The lowest BCUT2D eigenvalue weighted by molar-refractivity contribution is -0.129. The average molecular weight is 446 g/mol. The first kappa shape index (κ1) is 21.1. The number of fused-ring (bicyclic) bond motifs is 1. The maximum atomic E-state index is 13.8. The Morgan fingerprint density at radius 2 is 2.07 bits per heavy atom. The molecular formula is C22H24FN3O2S2. The standard InChI is InChI=1S/C22H24FN3O2S2/c1-14-12-16(8-9-17(14)23)26-21(28)20-18(10-11-29-20)24-22(26)30-13-19(27)25(2)15-6-4-3-5-7-15/h8-12,15H,3-7,13H2,1-2H3. The molecule has 0 N–H and O–H groups in total. The van der Waals surface area contributed by atoms with Gasteiger partial charge in [0.05, 0.1) is 17.0 Å². The highest BCUT2D eigenvalue weighted by molar-refractivity contribution is 7.99. The average Bonchev–Trinajstić information content (AvgIpc) is 3.23. The van der Waals surface area contributed by atoms with Gasteiger partial charge in [0.25, 0.3) is 5.56 Å². The van der Waals surface area contributed by atoms with Crippen molar-refractivity contribution < 1.29 is 9.18 Å². The van der Waals surface area contributed by atoms with Gasteiger partial charge in [-0.05, 0) is 55.0 Å². The molecule has 0 radical (unpaired) electrons. The Bertz CT molecular complexity index is 1140. The van der Waals surface area contributed by atoms with Gasteiger partial charge in [0.2, 0.25) is 5.91 Å². The van der Waals surface area contributed by atoms with Gasteiger partial charge in [0.15, 0.2) is 5.16 Å². The van der Waals surface area contributed by atoms with E-state index in [0.717, 1.165) is 25.7 Å². The molecule has 0 aliphatic heterocycles. The van der Waals surface area contributed by atoms with Gasteiger partial charge in [0, 0.05) is 13.1 Å². The quantitative estimate of drug-likeness (QED) is 0.419. The van der Waals surface area contributed by atoms with Crippen molar-refractivity contribution in [2.45, 2.75) is 50.2 Å². The molecular weight excluding hydrogens is 421 g/mol. The van der Waals surface area contributed by atoms with Gasteiger partial charge in [-0.2, -0.15) is 0 Å². The van der Waals surface area contributed by atoms with E-state index in [-0.39, 0.29) is 23.0 Å². The molecule has 1 fully saturated rings. The fraction of sp³-hybridized carbons (Fsp3) is 0.409. The van der Waals surface area contributed by atoms with Crippen LogP contribution in [0.5, 0.6) is 0 Å². The van der Waals surface area contributed by atoms with Crippen LogP contribution in [0.1, 0.15) is 37.7 Å². The maximum absolute atomic E-state index is 13.8. The van der Waals surface area contributed by atoms with E-state index in [0.29, 0.717) is 32.7 Å². The minimum atomic E-state index is -0.324. The number of halogens is 1. The Balaban J connectivity index is 1.65. The molecule has 0 spiro atoms. The summed E-state index contributed by atoms with van der Waals surface area (Å²) < 4.78 is 15.8. The molecule has 8 heteroatoms. The van der Waals surface area contributed by atoms with E-state index < -0.39 is 0 Å². The molecule has 0 saturated heterocycles. The number of aryl methyl sites for hydroxylation is 1. The fourth-order valence-electron chi connectivity index (χ4n) is 3.88. The summed E-state index contributed by atoms with van der Waals surface area (Å²) >= 11 is 2.59. The first-order valence-electron chi connectivity index (χ1n) is 10.1. The molecule has 30 heavy (non-hydrogen) atoms. The summed E-state index contributed by atoms with van der Waals surface area (Å²) in [5.74, 6) is -0.0845. The highest BCUT2D eigenvalue weighted by Gasteiger charge is 2.23. The van der Waals surface area contributed by atoms with E-state index in [9.17, 15) is 14.0 Å². The van der Waals surface area contributed by atoms with E-state index in [4.69, 9.17) is 0 Å². The van der Waals surface area contributed by atoms with Crippen LogP contribution < -0.4 is 5.56 Å². The normalized spacial score (nSPS) is 14.9. The van der Waals surface area contributed by atoms with Crippen LogP contribution in [0.2, 0.25) is 0 Å². The minimum absolute atomic E-state index is 0.0356. The Morgan fingerprint density at radius 1 is 1.30 bits per heavy atom. The maximum Gasteiger partial charge on any atom is 0.276 e. The van der Waals surface area contributed by atoms with Crippen LogP contribution in [-0.2, 0) is 4.79 Å². The Morgan fingerprint density at radius 3 is 2.80 bits per heavy atom. The van der Waals surface area contributed by atoms with Crippen molar-refractivity contribution in [2.75, 3.05) is 12.8 Å². The van der Waals surface area contributed by atoms with Crippen LogP contribution >= 0.6 is 23.1 Å². The Labute approximate surface area is 182 Å². The van der Waals surface area contributed by atoms with Crippen molar-refractivity contribution in [3.63, 3.8) is 0 Å². The van der Waals surface area contributed by atoms with Crippen LogP contribution in [-0.4, -0.2) is 39.2 Å². The van der Waals surface area contributed by atoms with Gasteiger partial charge in [-0.3, -0.25) is 14.2 Å². The van der Waals surface area contributed by atoms with Crippen molar-refractivity contribution in [1.82, 2.24) is 14.5 Å². The Hall–Kier alpha value is -2.19. The van der Waals surface area contributed by atoms with E-state index in [1.54, 1.807) is 19.1 Å². The molecule has 1 aliphatic rings. The summed E-state index contributed by atoms with van der Waals surface area (Å²) in [6, 6.07) is 6.66. The molecule has 3 aromatic rings. The lowest BCUT2D eigenvalue weighted by Gasteiger charge is -2.31. The highest BCUT2D eigenvalue weighted by atomic mass is 32.2. The van der Waals surface area contributed by atoms with Gasteiger partial charge >= 0.3 is 0 Å². The van der Waals surface area contributed by atoms with Crippen LogP contribution in [0.4, 0.5) is 4.39 Å². The molecule has 5 nitrogen and oxygen atoms in total. The number of hydrogen-bond donors (Lipinski definition) is 0. The predicted molar refractivity (Wildman–Crippen MR) is 120 cm³/mol. The first-order valence-corrected chi connectivity index (χ1v) is 12.0. The second kappa shape index (κ2) is 8.89. The largest absolute Gasteiger partial charge is 0.342 e. The van der Waals surface area contributed by atoms with E-state index in [1.807, 2.05) is 23.4 Å². The smallest absolute Gasteiger partial charge is 0.276 e. The van der Waals surface area contributed by atoms with Gasteiger partial charge in [0.1, 0.15) is 10.5 Å². The van der Waals surface area contributed by atoms with Crippen LogP contribution in [0.15, 0.2) is 39.6 Å². The number of aromatic nitrogens is 2. The predicted octanol–water partition coefficient (Wildman–Crippen LogP) is 4.78. The minimum Gasteiger partial charge on any atom is -0.342 e. The molecule has 158 valence electrons. The molecule has 0 atom stereocenters. The monoisotopic (exact) mass is 445 g/mol. The molecule has 2 heterocycles. The summed E-state index contributed by atoms with van der Waals surface area (Å²) in [6.07, 6.45) is 5.66. The lowest BCUT2D eigenvalue weighted by atomic mass is 9.94. The summed E-state index contributed by atoms with van der Waals surface area (Å²) in [5, 5.41) is 2.28. The van der Waals surface area contributed by atoms with Crippen molar-refractivity contribution in [1.29, 1.82) is 0 Å². The molecule has 1 saturated carbocycles. The molecule has 0 bridgehead atoms. The van der Waals surface area contributed by atoms with Crippen LogP contribution in [0.25, 0.3) is 15.9 Å². The third-order valence-electron chi connectivity index (χ3n) is 5.69. The molecule has 4 rings (SSSR count). The van der Waals surface area contributed by atoms with Crippen molar-refractivity contribution in [3.05, 3.63) is 51.4 Å². The topological polar surface area (TPSA) is 55.2 Å². The second-order valence-electron chi connectivity index (χ2n) is 7.69. The zero-order valence-corrected chi connectivity index (χ0v) is 18.7. The third-order valence-corrected chi connectivity index (χ3v) is 7.50. The zero-order valence-electron chi connectivity index (χ0n) is 17.1.